The highest BCUT2D eigenvalue weighted by Crippen LogP contribution is 2.11. The first-order valence-corrected chi connectivity index (χ1v) is 13.0. The fraction of sp³-hybridized carbons (Fsp3) is 0.462. The van der Waals surface area contributed by atoms with Crippen LogP contribution in [0.4, 0.5) is 20.2 Å². The molecule has 0 aliphatic carbocycles. The Balaban J connectivity index is 1.32. The summed E-state index contributed by atoms with van der Waals surface area (Å²) in [4.78, 5) is 0. The lowest BCUT2D eigenvalue weighted by atomic mass is 10.1. The number of hydrogen-bond acceptors (Lipinski definition) is 2. The predicted molar refractivity (Wildman–Crippen MR) is 147 cm³/mol. The van der Waals surface area contributed by atoms with Gasteiger partial charge in [-0.3, -0.25) is 0 Å². The van der Waals surface area contributed by atoms with Crippen molar-refractivity contribution in [3.05, 3.63) is 60.2 Å². The Morgan fingerprint density at radius 2 is 0.794 bits per heavy atom. The highest BCUT2D eigenvalue weighted by molar-refractivity contribution is 7.80. The summed E-state index contributed by atoms with van der Waals surface area (Å²) in [7, 11) is 0. The first kappa shape index (κ1) is 27.9. The number of rotatable bonds is 15. The molecule has 0 fully saturated rings. The minimum atomic E-state index is -0.254. The van der Waals surface area contributed by atoms with Gasteiger partial charge in [-0.15, -0.1) is 0 Å². The van der Waals surface area contributed by atoms with Gasteiger partial charge in [0.05, 0.1) is 0 Å². The van der Waals surface area contributed by atoms with Gasteiger partial charge in [-0.25, -0.2) is 8.78 Å². The molecule has 0 radical (unpaired) electrons. The van der Waals surface area contributed by atoms with Crippen LogP contribution in [-0.4, -0.2) is 23.3 Å². The summed E-state index contributed by atoms with van der Waals surface area (Å²) in [5.74, 6) is -0.508. The normalized spacial score (nSPS) is 10.5. The van der Waals surface area contributed by atoms with Gasteiger partial charge in [-0.1, -0.05) is 51.4 Å². The maximum absolute atomic E-state index is 12.9. The summed E-state index contributed by atoms with van der Waals surface area (Å²) < 4.78 is 25.8. The Morgan fingerprint density at radius 3 is 1.12 bits per heavy atom. The van der Waals surface area contributed by atoms with Gasteiger partial charge in [0.1, 0.15) is 11.6 Å². The summed E-state index contributed by atoms with van der Waals surface area (Å²) in [5, 5.41) is 13.7. The third-order valence-corrected chi connectivity index (χ3v) is 5.87. The van der Waals surface area contributed by atoms with Crippen LogP contribution in [0.5, 0.6) is 0 Å². The van der Waals surface area contributed by atoms with Crippen molar-refractivity contribution < 1.29 is 8.78 Å². The molecule has 2 aromatic rings. The molecule has 0 saturated heterocycles. The van der Waals surface area contributed by atoms with E-state index in [9.17, 15) is 8.78 Å². The number of hydrogen-bond donors (Lipinski definition) is 4. The quantitative estimate of drug-likeness (QED) is 0.152. The SMILES string of the molecule is Fc1ccc(NC(=S)NCCCCCCCCCCCCNC(=S)Nc2ccc(F)cc2)cc1. The van der Waals surface area contributed by atoms with Crippen LogP contribution in [-0.2, 0) is 0 Å². The summed E-state index contributed by atoms with van der Waals surface area (Å²) in [6.45, 7) is 1.70. The molecule has 0 aromatic heterocycles. The van der Waals surface area contributed by atoms with E-state index in [0.717, 1.165) is 37.3 Å². The van der Waals surface area contributed by atoms with E-state index in [4.69, 9.17) is 24.4 Å². The zero-order chi connectivity index (χ0) is 24.4. The predicted octanol–water partition coefficient (Wildman–Crippen LogP) is 7.14. The number of unbranched alkanes of at least 4 members (excludes halogenated alkanes) is 9. The van der Waals surface area contributed by atoms with Gasteiger partial charge in [0, 0.05) is 24.5 Å². The van der Waals surface area contributed by atoms with Gasteiger partial charge in [0.2, 0.25) is 0 Å². The summed E-state index contributed by atoms with van der Waals surface area (Å²) in [6, 6.07) is 12.3. The van der Waals surface area contributed by atoms with Crippen LogP contribution < -0.4 is 21.3 Å². The van der Waals surface area contributed by atoms with Crippen LogP contribution in [0.15, 0.2) is 48.5 Å². The van der Waals surface area contributed by atoms with Crippen molar-refractivity contribution in [2.45, 2.75) is 64.2 Å². The molecule has 0 heterocycles. The molecule has 2 rings (SSSR count). The van der Waals surface area contributed by atoms with Crippen molar-refractivity contribution >= 4 is 46.0 Å². The van der Waals surface area contributed by atoms with Crippen LogP contribution in [0.3, 0.4) is 0 Å². The number of benzene rings is 2. The summed E-state index contributed by atoms with van der Waals surface area (Å²) >= 11 is 10.5. The van der Waals surface area contributed by atoms with Crippen molar-refractivity contribution in [3.8, 4) is 0 Å². The second kappa shape index (κ2) is 17.2. The van der Waals surface area contributed by atoms with Gasteiger partial charge in [0.25, 0.3) is 0 Å². The molecule has 0 spiro atoms. The van der Waals surface area contributed by atoms with Gasteiger partial charge < -0.3 is 21.3 Å². The summed E-state index contributed by atoms with van der Waals surface area (Å²) in [6.07, 6.45) is 12.2. The molecule has 4 N–H and O–H groups in total. The average molecular weight is 507 g/mol. The number of anilines is 2. The van der Waals surface area contributed by atoms with Crippen molar-refractivity contribution in [2.75, 3.05) is 23.7 Å². The first-order valence-electron chi connectivity index (χ1n) is 12.1. The van der Waals surface area contributed by atoms with E-state index in [1.807, 2.05) is 0 Å². The molecule has 2 aromatic carbocycles. The molecule has 8 heteroatoms. The van der Waals surface area contributed by atoms with E-state index >= 15 is 0 Å². The Hall–Kier alpha value is -2.32. The molecule has 0 aliphatic rings. The monoisotopic (exact) mass is 506 g/mol. The smallest absolute Gasteiger partial charge is 0.170 e. The summed E-state index contributed by atoms with van der Waals surface area (Å²) in [5.41, 5.74) is 1.58. The Labute approximate surface area is 213 Å². The highest BCUT2D eigenvalue weighted by Gasteiger charge is 2.00. The maximum atomic E-state index is 12.9. The molecule has 0 amide bonds. The van der Waals surface area contributed by atoms with E-state index in [1.165, 1.54) is 75.6 Å². The molecule has 0 aliphatic heterocycles. The van der Waals surface area contributed by atoms with Gasteiger partial charge in [-0.2, -0.15) is 0 Å². The van der Waals surface area contributed by atoms with E-state index in [0.29, 0.717) is 10.2 Å². The highest BCUT2D eigenvalue weighted by atomic mass is 32.1. The zero-order valence-electron chi connectivity index (χ0n) is 19.7. The number of thiocarbonyl (C=S) groups is 2. The third-order valence-electron chi connectivity index (χ3n) is 5.38. The van der Waals surface area contributed by atoms with Crippen LogP contribution >= 0.6 is 24.4 Å². The van der Waals surface area contributed by atoms with Crippen LogP contribution in [0.25, 0.3) is 0 Å². The second-order valence-corrected chi connectivity index (χ2v) is 9.13. The van der Waals surface area contributed by atoms with E-state index in [2.05, 4.69) is 21.3 Å². The van der Waals surface area contributed by atoms with Crippen molar-refractivity contribution in [3.63, 3.8) is 0 Å². The van der Waals surface area contributed by atoms with Crippen LogP contribution in [0.2, 0.25) is 0 Å². The topological polar surface area (TPSA) is 48.1 Å². The first-order chi connectivity index (χ1) is 16.5. The van der Waals surface area contributed by atoms with Crippen molar-refractivity contribution in [1.29, 1.82) is 0 Å². The number of halogens is 2. The largest absolute Gasteiger partial charge is 0.362 e. The fourth-order valence-electron chi connectivity index (χ4n) is 3.49. The Bertz CT molecular complexity index is 773. The molecule has 34 heavy (non-hydrogen) atoms. The Kier molecular flexibility index (Phi) is 14.1. The van der Waals surface area contributed by atoms with Gasteiger partial charge >= 0.3 is 0 Å². The molecule has 4 nitrogen and oxygen atoms in total. The zero-order valence-corrected chi connectivity index (χ0v) is 21.3. The van der Waals surface area contributed by atoms with Crippen LogP contribution in [0, 0.1) is 11.6 Å². The minimum Gasteiger partial charge on any atom is -0.362 e. The van der Waals surface area contributed by atoms with Crippen LogP contribution in [0.1, 0.15) is 64.2 Å². The molecule has 0 saturated carbocycles. The molecular weight excluding hydrogens is 470 g/mol. The van der Waals surface area contributed by atoms with E-state index < -0.39 is 0 Å². The second-order valence-electron chi connectivity index (χ2n) is 8.31. The molecular formula is C26H36F2N4S2. The molecule has 0 bridgehead atoms. The van der Waals surface area contributed by atoms with Gasteiger partial charge in [0.15, 0.2) is 10.2 Å². The van der Waals surface area contributed by atoms with E-state index in [1.54, 1.807) is 24.3 Å². The van der Waals surface area contributed by atoms with Gasteiger partial charge in [-0.05, 0) is 85.8 Å². The Morgan fingerprint density at radius 1 is 0.500 bits per heavy atom. The van der Waals surface area contributed by atoms with Crippen molar-refractivity contribution in [2.24, 2.45) is 0 Å². The third kappa shape index (κ3) is 13.4. The fourth-order valence-corrected chi connectivity index (χ4v) is 3.92. The number of nitrogens with one attached hydrogen (secondary N) is 4. The van der Waals surface area contributed by atoms with Crippen molar-refractivity contribution in [1.82, 2.24) is 10.6 Å². The van der Waals surface area contributed by atoms with E-state index in [-0.39, 0.29) is 11.6 Å². The lowest BCUT2D eigenvalue weighted by Crippen LogP contribution is -2.29. The molecule has 0 atom stereocenters. The molecule has 186 valence electrons. The standard InChI is InChI=1S/C26H36F2N4S2/c27-21-11-15-23(16-12-21)31-25(33)29-19-9-7-5-3-1-2-4-6-8-10-20-30-26(34)32-24-17-13-22(28)14-18-24/h11-18H,1-10,19-20H2,(H2,29,31,33)(H2,30,32,34). The lowest BCUT2D eigenvalue weighted by molar-refractivity contribution is 0.549. The maximum Gasteiger partial charge on any atom is 0.170 e. The lowest BCUT2D eigenvalue weighted by Gasteiger charge is -2.10. The average Bonchev–Trinajstić information content (AvgIpc) is 2.82. The minimum absolute atomic E-state index is 0.254. The molecule has 0 unspecified atom stereocenters.